The van der Waals surface area contributed by atoms with Gasteiger partial charge in [-0.1, -0.05) is 29.7 Å². The fourth-order valence-corrected chi connectivity index (χ4v) is 5.40. The van der Waals surface area contributed by atoms with Gasteiger partial charge in [-0.05, 0) is 18.4 Å². The molecule has 0 unspecified atom stereocenters. The maximum Gasteiger partial charge on any atom is 0.113 e. The summed E-state index contributed by atoms with van der Waals surface area (Å²) in [5.41, 5.74) is 3.32. The summed E-state index contributed by atoms with van der Waals surface area (Å²) in [5.74, 6) is 0. The first kappa shape index (κ1) is 10.9. The Morgan fingerprint density at radius 1 is 1.06 bits per heavy atom. The average Bonchev–Trinajstić information content (AvgIpc) is 2.82. The van der Waals surface area contributed by atoms with E-state index in [1.807, 2.05) is 28.7 Å². The third-order valence-electron chi connectivity index (χ3n) is 3.46. The summed E-state index contributed by atoms with van der Waals surface area (Å²) in [7, 11) is 11.8. The minimum absolute atomic E-state index is 0.842. The van der Waals surface area contributed by atoms with Crippen LogP contribution in [-0.2, 0) is 6.42 Å². The highest BCUT2D eigenvalue weighted by Gasteiger charge is 2.18. The molecule has 0 spiro atoms. The largest absolute Gasteiger partial charge is 0.125 e. The smallest absolute Gasteiger partial charge is 0.113 e. The van der Waals surface area contributed by atoms with Crippen molar-refractivity contribution in [3.63, 3.8) is 0 Å². The molecule has 18 heavy (non-hydrogen) atoms. The van der Waals surface area contributed by atoms with E-state index in [1.165, 1.54) is 29.9 Å². The molecule has 3 aromatic rings. The Hall–Kier alpha value is -0.990. The van der Waals surface area contributed by atoms with Gasteiger partial charge in [-0.25, -0.2) is 0 Å². The van der Waals surface area contributed by atoms with Gasteiger partial charge in [0, 0.05) is 20.3 Å². The Morgan fingerprint density at radius 3 is 2.83 bits per heavy atom. The van der Waals surface area contributed by atoms with Gasteiger partial charge in [0.2, 0.25) is 0 Å². The van der Waals surface area contributed by atoms with E-state index in [1.54, 1.807) is 0 Å². The molecule has 0 aliphatic heterocycles. The summed E-state index contributed by atoms with van der Waals surface area (Å²) in [4.78, 5) is 1.35. The van der Waals surface area contributed by atoms with Crippen molar-refractivity contribution in [1.29, 1.82) is 0 Å². The predicted molar refractivity (Wildman–Crippen MR) is 84.6 cm³/mol. The van der Waals surface area contributed by atoms with E-state index in [4.69, 9.17) is 15.7 Å². The molecule has 0 amide bonds. The van der Waals surface area contributed by atoms with Crippen molar-refractivity contribution in [2.75, 3.05) is 0 Å². The first-order valence-corrected chi connectivity index (χ1v) is 7.55. The van der Waals surface area contributed by atoms with Gasteiger partial charge < -0.3 is 0 Å². The van der Waals surface area contributed by atoms with Crippen LogP contribution < -0.4 is 5.46 Å². The lowest BCUT2D eigenvalue weighted by Crippen LogP contribution is -1.99. The lowest BCUT2D eigenvalue weighted by atomic mass is 9.84. The van der Waals surface area contributed by atoms with Crippen molar-refractivity contribution in [2.45, 2.75) is 12.8 Å². The molecule has 1 aromatic carbocycles. The van der Waals surface area contributed by atoms with Crippen LogP contribution >= 0.6 is 22.7 Å². The molecule has 2 aromatic heterocycles. The van der Waals surface area contributed by atoms with Gasteiger partial charge in [0.15, 0.2) is 0 Å². The van der Waals surface area contributed by atoms with E-state index >= 15 is 0 Å². The van der Waals surface area contributed by atoms with Crippen LogP contribution in [0.25, 0.3) is 25.6 Å². The Kier molecular flexibility index (Phi) is 2.27. The van der Waals surface area contributed by atoms with E-state index in [-0.39, 0.29) is 0 Å². The maximum atomic E-state index is 5.93. The SMILES string of the molecule is [B]C1=Cc2sc3sc4cc([B])ccc4c3c2CC1. The highest BCUT2D eigenvalue weighted by molar-refractivity contribution is 7.42. The van der Waals surface area contributed by atoms with Crippen LogP contribution in [0.2, 0.25) is 0 Å². The summed E-state index contributed by atoms with van der Waals surface area (Å²) in [6.07, 6.45) is 4.18. The summed E-state index contributed by atoms with van der Waals surface area (Å²) >= 11 is 3.70. The van der Waals surface area contributed by atoms with Crippen molar-refractivity contribution < 1.29 is 0 Å². The number of thiophene rings is 2. The van der Waals surface area contributed by atoms with Gasteiger partial charge in [0.1, 0.15) is 15.7 Å². The second-order valence-electron chi connectivity index (χ2n) is 4.68. The molecule has 0 saturated carbocycles. The Bertz CT molecular complexity index is 808. The lowest BCUT2D eigenvalue weighted by molar-refractivity contribution is 0.990. The molecule has 1 aliphatic rings. The number of fused-ring (bicyclic) bond motifs is 5. The van der Waals surface area contributed by atoms with Crippen LogP contribution in [0.1, 0.15) is 16.9 Å². The normalized spacial score (nSPS) is 15.0. The molecule has 0 atom stereocenters. The molecule has 2 heterocycles. The number of hydrogen-bond donors (Lipinski definition) is 0. The topological polar surface area (TPSA) is 0 Å². The molecule has 0 bridgehead atoms. The average molecular weight is 262 g/mol. The van der Waals surface area contributed by atoms with Crippen molar-refractivity contribution in [1.82, 2.24) is 0 Å². The third-order valence-corrected chi connectivity index (χ3v) is 5.88. The van der Waals surface area contributed by atoms with E-state index in [2.05, 4.69) is 18.2 Å². The fraction of sp³-hybridized carbons (Fsp3) is 0.143. The van der Waals surface area contributed by atoms with Gasteiger partial charge in [-0.3, -0.25) is 0 Å². The Labute approximate surface area is 116 Å². The standard InChI is InChI=1S/C14H8B2S2/c15-7-1-3-9-11(5-7)17-14-13(9)10-4-2-8(16)6-12(10)18-14/h1,3,5-6H,2,4H2. The summed E-state index contributed by atoms with van der Waals surface area (Å²) in [6.45, 7) is 0. The van der Waals surface area contributed by atoms with Gasteiger partial charge in [-0.15, -0.1) is 28.1 Å². The van der Waals surface area contributed by atoms with Crippen LogP contribution in [0.4, 0.5) is 0 Å². The number of aryl methyl sites for hydroxylation is 1. The molecular weight excluding hydrogens is 254 g/mol. The minimum Gasteiger partial charge on any atom is -0.125 e. The van der Waals surface area contributed by atoms with Gasteiger partial charge in [0.05, 0.1) is 4.01 Å². The summed E-state index contributed by atoms with van der Waals surface area (Å²) in [5, 5.41) is 2.77. The minimum atomic E-state index is 0.842. The molecule has 4 radical (unpaired) electrons. The third kappa shape index (κ3) is 1.45. The van der Waals surface area contributed by atoms with Crippen LogP contribution in [0.3, 0.4) is 0 Å². The first-order valence-electron chi connectivity index (χ1n) is 5.92. The number of allylic oxidation sites excluding steroid dienone is 1. The molecule has 0 saturated heterocycles. The van der Waals surface area contributed by atoms with E-state index in [0.717, 1.165) is 23.8 Å². The Balaban J connectivity index is 2.13. The van der Waals surface area contributed by atoms with Crippen LogP contribution in [0.15, 0.2) is 23.7 Å². The second kappa shape index (κ2) is 3.75. The molecular formula is C14H8B2S2. The zero-order valence-corrected chi connectivity index (χ0v) is 11.3. The summed E-state index contributed by atoms with van der Waals surface area (Å²) < 4.78 is 2.69. The molecule has 82 valence electrons. The second-order valence-corrected chi connectivity index (χ2v) is 7.05. The monoisotopic (exact) mass is 262 g/mol. The molecule has 0 N–H and O–H groups in total. The zero-order chi connectivity index (χ0) is 12.3. The van der Waals surface area contributed by atoms with Crippen LogP contribution in [0, 0.1) is 0 Å². The number of rotatable bonds is 0. The van der Waals surface area contributed by atoms with Crippen LogP contribution in [-0.4, -0.2) is 15.7 Å². The highest BCUT2D eigenvalue weighted by atomic mass is 32.2. The van der Waals surface area contributed by atoms with Crippen molar-refractivity contribution in [2.24, 2.45) is 0 Å². The number of benzene rings is 1. The maximum absolute atomic E-state index is 5.93. The predicted octanol–water partition coefficient (Wildman–Crippen LogP) is 3.37. The lowest BCUT2D eigenvalue weighted by Gasteiger charge is -2.10. The van der Waals surface area contributed by atoms with Crippen molar-refractivity contribution >= 4 is 69.4 Å². The van der Waals surface area contributed by atoms with Gasteiger partial charge in [-0.2, -0.15) is 0 Å². The zero-order valence-electron chi connectivity index (χ0n) is 9.69. The van der Waals surface area contributed by atoms with Crippen LogP contribution in [0.5, 0.6) is 0 Å². The van der Waals surface area contributed by atoms with Gasteiger partial charge >= 0.3 is 0 Å². The fourth-order valence-electron chi connectivity index (χ4n) is 2.61. The van der Waals surface area contributed by atoms with Gasteiger partial charge in [0.25, 0.3) is 0 Å². The quantitative estimate of drug-likeness (QED) is 0.545. The van der Waals surface area contributed by atoms with Crippen molar-refractivity contribution in [3.05, 3.63) is 34.1 Å². The molecule has 4 heteroatoms. The van der Waals surface area contributed by atoms with E-state index < -0.39 is 0 Å². The summed E-state index contributed by atoms with van der Waals surface area (Å²) in [6, 6.07) is 6.22. The first-order chi connectivity index (χ1) is 8.72. The number of hydrogen-bond acceptors (Lipinski definition) is 2. The van der Waals surface area contributed by atoms with Crippen molar-refractivity contribution in [3.8, 4) is 0 Å². The Morgan fingerprint density at radius 2 is 1.94 bits per heavy atom. The highest BCUT2D eigenvalue weighted by Crippen LogP contribution is 2.45. The molecule has 4 rings (SSSR count). The molecule has 0 fully saturated rings. The van der Waals surface area contributed by atoms with E-state index in [9.17, 15) is 0 Å². The van der Waals surface area contributed by atoms with E-state index in [0.29, 0.717) is 0 Å². The molecule has 1 aliphatic carbocycles. The molecule has 0 nitrogen and oxygen atoms in total.